The maximum atomic E-state index is 14.5. The number of sulfonamides is 1. The minimum atomic E-state index is -3.71. The zero-order valence-electron chi connectivity index (χ0n) is 19.8. The number of carbonyl (C=O) groups is 1. The van der Waals surface area contributed by atoms with E-state index >= 15 is 0 Å². The summed E-state index contributed by atoms with van der Waals surface area (Å²) < 4.78 is 43.8. The first-order chi connectivity index (χ1) is 17.2. The van der Waals surface area contributed by atoms with Crippen molar-refractivity contribution in [3.8, 4) is 0 Å². The number of nitrogens with zero attached hydrogens (tertiary/aromatic N) is 4. The Hall–Kier alpha value is -3.44. The molecule has 4 aromatic rings. The quantitative estimate of drug-likeness (QED) is 0.403. The highest BCUT2D eigenvalue weighted by molar-refractivity contribution is 7.93. The lowest BCUT2D eigenvalue weighted by atomic mass is 10.1. The third kappa shape index (κ3) is 4.56. The first-order valence-corrected chi connectivity index (χ1v) is 13.9. The molecule has 0 radical (unpaired) electrons. The molecular formula is C25H26FN5O3S2. The van der Waals surface area contributed by atoms with Crippen molar-refractivity contribution in [2.75, 3.05) is 29.3 Å². The van der Waals surface area contributed by atoms with Crippen molar-refractivity contribution in [2.24, 2.45) is 0 Å². The van der Waals surface area contributed by atoms with Gasteiger partial charge in [-0.1, -0.05) is 12.1 Å². The summed E-state index contributed by atoms with van der Waals surface area (Å²) in [5.41, 5.74) is 1.32. The summed E-state index contributed by atoms with van der Waals surface area (Å²) in [5, 5.41) is 2.78. The van der Waals surface area contributed by atoms with Crippen molar-refractivity contribution in [2.45, 2.75) is 30.8 Å². The van der Waals surface area contributed by atoms with Crippen LogP contribution in [0.3, 0.4) is 0 Å². The second-order valence-electron chi connectivity index (χ2n) is 8.84. The van der Waals surface area contributed by atoms with E-state index in [-0.39, 0.29) is 22.7 Å². The van der Waals surface area contributed by atoms with Crippen LogP contribution in [0.15, 0.2) is 71.2 Å². The molecule has 1 fully saturated rings. The van der Waals surface area contributed by atoms with Crippen LogP contribution in [0.25, 0.3) is 10.9 Å². The monoisotopic (exact) mass is 527 g/mol. The third-order valence-corrected chi connectivity index (χ3v) is 8.71. The van der Waals surface area contributed by atoms with Gasteiger partial charge in [0.05, 0.1) is 10.4 Å². The molecule has 2 aromatic heterocycles. The number of hydrogen-bond donors (Lipinski definition) is 1. The highest BCUT2D eigenvalue weighted by Crippen LogP contribution is 2.27. The van der Waals surface area contributed by atoms with Crippen molar-refractivity contribution in [1.29, 1.82) is 0 Å². The fourth-order valence-corrected chi connectivity index (χ4v) is 6.45. The lowest BCUT2D eigenvalue weighted by Crippen LogP contribution is -2.55. The van der Waals surface area contributed by atoms with E-state index in [9.17, 15) is 17.6 Å². The number of piperazine rings is 1. The lowest BCUT2D eigenvalue weighted by Gasteiger charge is -2.42. The highest BCUT2D eigenvalue weighted by atomic mass is 32.2. The van der Waals surface area contributed by atoms with E-state index in [4.69, 9.17) is 0 Å². The van der Waals surface area contributed by atoms with E-state index in [1.165, 1.54) is 23.6 Å². The Morgan fingerprint density at radius 3 is 2.64 bits per heavy atom. The molecular weight excluding hydrogens is 501 g/mol. The fourth-order valence-electron chi connectivity index (χ4n) is 4.66. The molecule has 1 aliphatic heterocycles. The minimum Gasteiger partial charge on any atom is -0.368 e. The van der Waals surface area contributed by atoms with Crippen LogP contribution in [0.2, 0.25) is 0 Å². The number of anilines is 2. The van der Waals surface area contributed by atoms with Crippen molar-refractivity contribution in [3.05, 3.63) is 72.1 Å². The predicted molar refractivity (Wildman–Crippen MR) is 139 cm³/mol. The SMILES string of the molecule is CC1CN(c2ccc(S(=O)(=O)Nc3nccs3)cc2)CCN1C(=O)[C@H](C)n1ccc2cccc(F)c21. The highest BCUT2D eigenvalue weighted by Gasteiger charge is 2.31. The molecule has 1 saturated heterocycles. The number of benzene rings is 2. The summed E-state index contributed by atoms with van der Waals surface area (Å²) in [5.74, 6) is -0.403. The fraction of sp³-hybridized carbons (Fsp3) is 0.280. The maximum absolute atomic E-state index is 14.5. The smallest absolute Gasteiger partial charge is 0.263 e. The first kappa shape index (κ1) is 24.3. The van der Waals surface area contributed by atoms with Crippen LogP contribution in [-0.4, -0.2) is 54.5 Å². The van der Waals surface area contributed by atoms with Gasteiger partial charge in [0.25, 0.3) is 10.0 Å². The van der Waals surface area contributed by atoms with E-state index in [1.807, 2.05) is 24.0 Å². The summed E-state index contributed by atoms with van der Waals surface area (Å²) >= 11 is 1.21. The van der Waals surface area contributed by atoms with Gasteiger partial charge in [-0.3, -0.25) is 9.52 Å². The number of halogens is 1. The van der Waals surface area contributed by atoms with Gasteiger partial charge in [0.15, 0.2) is 5.13 Å². The first-order valence-electron chi connectivity index (χ1n) is 11.6. The van der Waals surface area contributed by atoms with Crippen LogP contribution in [0.4, 0.5) is 15.2 Å². The van der Waals surface area contributed by atoms with E-state index in [0.29, 0.717) is 30.3 Å². The molecule has 2 aromatic carbocycles. The number of hydrogen-bond acceptors (Lipinski definition) is 6. The molecule has 1 N–H and O–H groups in total. The molecule has 3 heterocycles. The maximum Gasteiger partial charge on any atom is 0.263 e. The molecule has 1 unspecified atom stereocenters. The minimum absolute atomic E-state index is 0.0578. The molecule has 0 saturated carbocycles. The number of carbonyl (C=O) groups excluding carboxylic acids is 1. The Kier molecular flexibility index (Phi) is 6.44. The van der Waals surface area contributed by atoms with Crippen LogP contribution in [0.1, 0.15) is 19.9 Å². The zero-order valence-corrected chi connectivity index (χ0v) is 21.5. The van der Waals surface area contributed by atoms with Crippen LogP contribution < -0.4 is 9.62 Å². The Labute approximate surface area is 213 Å². The largest absolute Gasteiger partial charge is 0.368 e. The van der Waals surface area contributed by atoms with Gasteiger partial charge in [-0.25, -0.2) is 17.8 Å². The normalized spacial score (nSPS) is 17.4. The molecule has 2 atom stereocenters. The molecule has 188 valence electrons. The molecule has 0 spiro atoms. The van der Waals surface area contributed by atoms with Crippen LogP contribution in [0, 0.1) is 5.82 Å². The summed E-state index contributed by atoms with van der Waals surface area (Å²) in [7, 11) is -3.71. The molecule has 0 aliphatic carbocycles. The molecule has 0 bridgehead atoms. The standard InChI is InChI=1S/C25H26FN5O3S2/c1-17-16-29(20-6-8-21(9-7-20)36(33,34)28-25-27-11-15-35-25)13-14-30(17)24(32)18(2)31-12-10-19-4-3-5-22(26)23(19)31/h3-12,15,17-18H,13-14,16H2,1-2H3,(H,27,28)/t17?,18-/m0/s1. The van der Waals surface area contributed by atoms with Gasteiger partial charge in [-0.05, 0) is 50.2 Å². The lowest BCUT2D eigenvalue weighted by molar-refractivity contribution is -0.136. The number of para-hydroxylation sites is 1. The Morgan fingerprint density at radius 2 is 1.94 bits per heavy atom. The Balaban J connectivity index is 1.26. The summed E-state index contributed by atoms with van der Waals surface area (Å²) in [6.45, 7) is 5.50. The van der Waals surface area contributed by atoms with Crippen LogP contribution >= 0.6 is 11.3 Å². The zero-order chi connectivity index (χ0) is 25.4. The average Bonchev–Trinajstić information content (AvgIpc) is 3.53. The summed E-state index contributed by atoms with van der Waals surface area (Å²) in [4.78, 5) is 21.5. The second-order valence-corrected chi connectivity index (χ2v) is 11.4. The number of fused-ring (bicyclic) bond motifs is 1. The van der Waals surface area contributed by atoms with Crippen molar-refractivity contribution in [3.63, 3.8) is 0 Å². The Bertz CT molecular complexity index is 1490. The van der Waals surface area contributed by atoms with E-state index < -0.39 is 16.1 Å². The van der Waals surface area contributed by atoms with Crippen molar-refractivity contribution >= 4 is 49.0 Å². The molecule has 1 amide bonds. The average molecular weight is 528 g/mol. The van der Waals surface area contributed by atoms with Gasteiger partial charge >= 0.3 is 0 Å². The molecule has 5 rings (SSSR count). The predicted octanol–water partition coefficient (Wildman–Crippen LogP) is 4.34. The topological polar surface area (TPSA) is 87.5 Å². The van der Waals surface area contributed by atoms with Gasteiger partial charge in [0.2, 0.25) is 5.91 Å². The van der Waals surface area contributed by atoms with Gasteiger partial charge in [-0.15, -0.1) is 11.3 Å². The number of amides is 1. The number of nitrogens with one attached hydrogen (secondary N) is 1. The van der Waals surface area contributed by atoms with E-state index in [1.54, 1.807) is 53.4 Å². The van der Waals surface area contributed by atoms with Crippen LogP contribution in [-0.2, 0) is 14.8 Å². The number of aromatic nitrogens is 2. The van der Waals surface area contributed by atoms with E-state index in [2.05, 4.69) is 14.6 Å². The molecule has 36 heavy (non-hydrogen) atoms. The second kappa shape index (κ2) is 9.55. The molecule has 11 heteroatoms. The van der Waals surface area contributed by atoms with Gasteiger partial charge in [-0.2, -0.15) is 0 Å². The summed E-state index contributed by atoms with van der Waals surface area (Å²) in [6.07, 6.45) is 3.30. The Morgan fingerprint density at radius 1 is 1.17 bits per heavy atom. The van der Waals surface area contributed by atoms with Crippen LogP contribution in [0.5, 0.6) is 0 Å². The van der Waals surface area contributed by atoms with Gasteiger partial charge in [0.1, 0.15) is 11.9 Å². The van der Waals surface area contributed by atoms with Gasteiger partial charge in [0, 0.05) is 54.5 Å². The number of thiazole rings is 1. The van der Waals surface area contributed by atoms with Crippen molar-refractivity contribution in [1.82, 2.24) is 14.5 Å². The van der Waals surface area contributed by atoms with Crippen molar-refractivity contribution < 1.29 is 17.6 Å². The van der Waals surface area contributed by atoms with E-state index in [0.717, 1.165) is 11.1 Å². The van der Waals surface area contributed by atoms with Gasteiger partial charge < -0.3 is 14.4 Å². The summed E-state index contributed by atoms with van der Waals surface area (Å²) in [6, 6.07) is 12.8. The molecule has 1 aliphatic rings. The third-order valence-electron chi connectivity index (χ3n) is 6.54. The number of rotatable bonds is 6. The molecule has 8 nitrogen and oxygen atoms in total.